The summed E-state index contributed by atoms with van der Waals surface area (Å²) in [4.78, 5) is 12.4. The molecular weight excluding hydrogens is 301 g/mol. The number of carbonyl (C=O) groups is 1. The quantitative estimate of drug-likeness (QED) is 0.872. The highest BCUT2D eigenvalue weighted by Crippen LogP contribution is 2.41. The van der Waals surface area contributed by atoms with Crippen LogP contribution in [-0.2, 0) is 0 Å². The summed E-state index contributed by atoms with van der Waals surface area (Å²) >= 11 is 5.97. The SMILES string of the molecule is Cc1ccc(C(NC(=O)c2ccc(F)cc2Cl)C2CC2)cc1. The van der Waals surface area contributed by atoms with Crippen molar-refractivity contribution in [1.29, 1.82) is 0 Å². The van der Waals surface area contributed by atoms with Crippen molar-refractivity contribution in [3.05, 3.63) is 70.0 Å². The molecule has 1 aliphatic rings. The lowest BCUT2D eigenvalue weighted by Gasteiger charge is -2.19. The maximum atomic E-state index is 13.1. The number of hydrogen-bond acceptors (Lipinski definition) is 1. The molecule has 0 heterocycles. The number of hydrogen-bond donors (Lipinski definition) is 1. The van der Waals surface area contributed by atoms with Crippen molar-refractivity contribution in [1.82, 2.24) is 5.32 Å². The van der Waals surface area contributed by atoms with Gasteiger partial charge >= 0.3 is 0 Å². The van der Waals surface area contributed by atoms with E-state index >= 15 is 0 Å². The molecule has 0 aromatic heterocycles. The van der Waals surface area contributed by atoms with Crippen LogP contribution in [0.1, 0.15) is 40.4 Å². The van der Waals surface area contributed by atoms with Crippen molar-refractivity contribution in [3.8, 4) is 0 Å². The fourth-order valence-electron chi connectivity index (χ4n) is 2.57. The van der Waals surface area contributed by atoms with E-state index < -0.39 is 5.82 Å². The lowest BCUT2D eigenvalue weighted by atomic mass is 10.0. The van der Waals surface area contributed by atoms with Crippen molar-refractivity contribution in [2.75, 3.05) is 0 Å². The molecule has 1 atom stereocenters. The van der Waals surface area contributed by atoms with Gasteiger partial charge in [-0.2, -0.15) is 0 Å². The Hall–Kier alpha value is -1.87. The third kappa shape index (κ3) is 3.30. The largest absolute Gasteiger partial charge is 0.345 e. The second-order valence-electron chi connectivity index (χ2n) is 5.82. The number of carbonyl (C=O) groups excluding carboxylic acids is 1. The summed E-state index contributed by atoms with van der Waals surface area (Å²) in [6, 6.07) is 12.0. The first-order valence-electron chi connectivity index (χ1n) is 7.37. The van der Waals surface area contributed by atoms with Crippen molar-refractivity contribution in [2.24, 2.45) is 5.92 Å². The van der Waals surface area contributed by atoms with Crippen LogP contribution in [0.5, 0.6) is 0 Å². The van der Waals surface area contributed by atoms with E-state index in [0.717, 1.165) is 24.5 Å². The molecule has 22 heavy (non-hydrogen) atoms. The number of amides is 1. The van der Waals surface area contributed by atoms with E-state index in [1.807, 2.05) is 31.2 Å². The first kappa shape index (κ1) is 15.0. The number of nitrogens with one attached hydrogen (secondary N) is 1. The van der Waals surface area contributed by atoms with Crippen LogP contribution in [0.3, 0.4) is 0 Å². The van der Waals surface area contributed by atoms with Crippen LogP contribution in [0.2, 0.25) is 5.02 Å². The number of aryl methyl sites for hydroxylation is 1. The van der Waals surface area contributed by atoms with Gasteiger partial charge in [-0.25, -0.2) is 4.39 Å². The van der Waals surface area contributed by atoms with Crippen LogP contribution in [0.25, 0.3) is 0 Å². The van der Waals surface area contributed by atoms with Crippen LogP contribution in [0.4, 0.5) is 4.39 Å². The fraction of sp³-hybridized carbons (Fsp3) is 0.278. The van der Waals surface area contributed by atoms with E-state index in [9.17, 15) is 9.18 Å². The second-order valence-corrected chi connectivity index (χ2v) is 6.23. The van der Waals surface area contributed by atoms with Crippen LogP contribution in [0.15, 0.2) is 42.5 Å². The molecule has 4 heteroatoms. The highest BCUT2D eigenvalue weighted by molar-refractivity contribution is 6.33. The van der Waals surface area contributed by atoms with E-state index in [1.54, 1.807) is 0 Å². The van der Waals surface area contributed by atoms with Gasteiger partial charge in [-0.3, -0.25) is 4.79 Å². The predicted octanol–water partition coefficient (Wildman–Crippen LogP) is 4.67. The molecule has 0 bridgehead atoms. The van der Waals surface area contributed by atoms with Crippen molar-refractivity contribution in [3.63, 3.8) is 0 Å². The summed E-state index contributed by atoms with van der Waals surface area (Å²) in [7, 11) is 0. The summed E-state index contributed by atoms with van der Waals surface area (Å²) in [6.45, 7) is 2.03. The highest BCUT2D eigenvalue weighted by Gasteiger charge is 2.33. The van der Waals surface area contributed by atoms with E-state index in [0.29, 0.717) is 11.5 Å². The Kier molecular flexibility index (Phi) is 4.16. The molecule has 1 amide bonds. The van der Waals surface area contributed by atoms with Gasteiger partial charge in [0.05, 0.1) is 16.6 Å². The first-order chi connectivity index (χ1) is 10.5. The van der Waals surface area contributed by atoms with Crippen LogP contribution in [-0.4, -0.2) is 5.91 Å². The normalized spacial score (nSPS) is 15.4. The highest BCUT2D eigenvalue weighted by atomic mass is 35.5. The minimum absolute atomic E-state index is 0.0192. The third-order valence-electron chi connectivity index (χ3n) is 3.99. The second kappa shape index (κ2) is 6.09. The smallest absolute Gasteiger partial charge is 0.253 e. The number of rotatable bonds is 4. The molecule has 3 rings (SSSR count). The van der Waals surface area contributed by atoms with Gasteiger partial charge in [-0.1, -0.05) is 41.4 Å². The van der Waals surface area contributed by atoms with Crippen LogP contribution >= 0.6 is 11.6 Å². The zero-order valence-electron chi connectivity index (χ0n) is 12.3. The zero-order chi connectivity index (χ0) is 15.7. The van der Waals surface area contributed by atoms with Gasteiger partial charge in [0.2, 0.25) is 0 Å². The molecule has 1 fully saturated rings. The van der Waals surface area contributed by atoms with Gasteiger partial charge in [-0.05, 0) is 49.4 Å². The lowest BCUT2D eigenvalue weighted by Crippen LogP contribution is -2.30. The molecule has 0 saturated heterocycles. The molecule has 0 radical (unpaired) electrons. The third-order valence-corrected chi connectivity index (χ3v) is 4.30. The van der Waals surface area contributed by atoms with Gasteiger partial charge in [0.15, 0.2) is 0 Å². The molecule has 2 nitrogen and oxygen atoms in total. The minimum atomic E-state index is -0.446. The lowest BCUT2D eigenvalue weighted by molar-refractivity contribution is 0.0932. The molecule has 2 aromatic carbocycles. The molecule has 0 spiro atoms. The van der Waals surface area contributed by atoms with Gasteiger partial charge in [0.1, 0.15) is 5.82 Å². The molecule has 0 aliphatic heterocycles. The summed E-state index contributed by atoms with van der Waals surface area (Å²) in [5.41, 5.74) is 2.59. The summed E-state index contributed by atoms with van der Waals surface area (Å²) in [5.74, 6) is -0.243. The number of halogens is 2. The molecule has 1 N–H and O–H groups in total. The predicted molar refractivity (Wildman–Crippen MR) is 85.5 cm³/mol. The summed E-state index contributed by atoms with van der Waals surface area (Å²) in [5, 5.41) is 3.18. The Morgan fingerprint density at radius 3 is 2.50 bits per heavy atom. The van der Waals surface area contributed by atoms with Crippen molar-refractivity contribution in [2.45, 2.75) is 25.8 Å². The fourth-order valence-corrected chi connectivity index (χ4v) is 2.82. The Morgan fingerprint density at radius 1 is 1.23 bits per heavy atom. The molecule has 2 aromatic rings. The Bertz CT molecular complexity index is 695. The Labute approximate surface area is 134 Å². The maximum Gasteiger partial charge on any atom is 0.253 e. The van der Waals surface area contributed by atoms with E-state index in [4.69, 9.17) is 11.6 Å². The van der Waals surface area contributed by atoms with E-state index in [-0.39, 0.29) is 17.0 Å². The van der Waals surface area contributed by atoms with Gasteiger partial charge in [0, 0.05) is 0 Å². The van der Waals surface area contributed by atoms with Gasteiger partial charge < -0.3 is 5.32 Å². The van der Waals surface area contributed by atoms with E-state index in [2.05, 4.69) is 5.32 Å². The average molecular weight is 318 g/mol. The summed E-state index contributed by atoms with van der Waals surface area (Å²) in [6.07, 6.45) is 2.21. The molecule has 1 unspecified atom stereocenters. The molecule has 1 aliphatic carbocycles. The topological polar surface area (TPSA) is 29.1 Å². The number of benzene rings is 2. The summed E-state index contributed by atoms with van der Waals surface area (Å²) < 4.78 is 13.1. The molecular formula is C18H17ClFNO. The first-order valence-corrected chi connectivity index (χ1v) is 7.75. The standard InChI is InChI=1S/C18H17ClFNO/c1-11-2-4-12(5-3-11)17(13-6-7-13)21-18(22)15-9-8-14(20)10-16(15)19/h2-5,8-10,13,17H,6-7H2,1H3,(H,21,22). The molecule has 114 valence electrons. The van der Waals surface area contributed by atoms with Crippen molar-refractivity contribution < 1.29 is 9.18 Å². The minimum Gasteiger partial charge on any atom is -0.345 e. The Balaban J connectivity index is 1.82. The van der Waals surface area contributed by atoms with E-state index in [1.165, 1.54) is 17.7 Å². The van der Waals surface area contributed by atoms with Crippen LogP contribution < -0.4 is 5.32 Å². The van der Waals surface area contributed by atoms with Gasteiger partial charge in [0.25, 0.3) is 5.91 Å². The zero-order valence-corrected chi connectivity index (χ0v) is 13.0. The van der Waals surface area contributed by atoms with Crippen molar-refractivity contribution >= 4 is 17.5 Å². The monoisotopic (exact) mass is 317 g/mol. The Morgan fingerprint density at radius 2 is 1.91 bits per heavy atom. The average Bonchev–Trinajstić information content (AvgIpc) is 3.30. The van der Waals surface area contributed by atoms with Gasteiger partial charge in [-0.15, -0.1) is 0 Å². The van der Waals surface area contributed by atoms with Crippen LogP contribution in [0, 0.1) is 18.7 Å². The molecule has 1 saturated carbocycles. The maximum absolute atomic E-state index is 13.1.